The van der Waals surface area contributed by atoms with Crippen molar-refractivity contribution in [3.63, 3.8) is 0 Å². The molecule has 2 N–H and O–H groups in total. The summed E-state index contributed by atoms with van der Waals surface area (Å²) in [6.45, 7) is 4.07. The van der Waals surface area contributed by atoms with Crippen LogP contribution in [-0.2, 0) is 22.6 Å². The molecule has 48 heavy (non-hydrogen) atoms. The molecule has 0 saturated carbocycles. The number of rotatable bonds is 10. The molecule has 2 saturated heterocycles. The minimum Gasteiger partial charge on any atom is -0.496 e. The minimum absolute atomic E-state index is 0.0658. The number of halogens is 2. The molecule has 1 amide bonds. The van der Waals surface area contributed by atoms with Crippen LogP contribution in [0.25, 0.3) is 33.5 Å². The van der Waals surface area contributed by atoms with E-state index in [1.54, 1.807) is 27.3 Å². The van der Waals surface area contributed by atoms with E-state index >= 15 is 0 Å². The van der Waals surface area contributed by atoms with E-state index in [0.717, 1.165) is 71.6 Å². The zero-order chi connectivity index (χ0) is 33.6. The van der Waals surface area contributed by atoms with E-state index < -0.39 is 0 Å². The van der Waals surface area contributed by atoms with Crippen LogP contribution < -0.4 is 20.1 Å². The Bertz CT molecular complexity index is 1930. The third kappa shape index (κ3) is 6.05. The van der Waals surface area contributed by atoms with Crippen molar-refractivity contribution in [2.75, 3.05) is 33.9 Å². The van der Waals surface area contributed by atoms with Crippen molar-refractivity contribution in [1.29, 1.82) is 0 Å². The van der Waals surface area contributed by atoms with Gasteiger partial charge in [0.15, 0.2) is 0 Å². The number of hydrogen-bond donors (Lipinski definition) is 2. The van der Waals surface area contributed by atoms with Crippen molar-refractivity contribution in [2.24, 2.45) is 0 Å². The maximum atomic E-state index is 11.7. The first-order valence-corrected chi connectivity index (χ1v) is 16.9. The molecule has 3 heterocycles. The van der Waals surface area contributed by atoms with Gasteiger partial charge in [-0.05, 0) is 43.4 Å². The average Bonchev–Trinajstić information content (AvgIpc) is 3.67. The maximum absolute atomic E-state index is 11.7. The molecular formula is C37H37Cl2N5O4. The van der Waals surface area contributed by atoms with E-state index in [2.05, 4.69) is 21.6 Å². The number of methoxy groups -OCH3 is 2. The summed E-state index contributed by atoms with van der Waals surface area (Å²) in [6.07, 6.45) is 4.95. The molecule has 9 nitrogen and oxygen atoms in total. The fourth-order valence-electron chi connectivity index (χ4n) is 7.37. The van der Waals surface area contributed by atoms with Gasteiger partial charge in [0.1, 0.15) is 17.2 Å². The maximum Gasteiger partial charge on any atom is 0.237 e. The van der Waals surface area contributed by atoms with Crippen LogP contribution in [0.5, 0.6) is 11.6 Å². The standard InChI is InChI=1S/C37H37Cl2N5O4/c1-21(45)16-40-28-11-10-22-14-23(15-31(47-2)33(22)28)24-6-4-7-25(34(24)38)26-8-5-9-27(35(26)39)29-17-41-30(36(42-29)48-3)18-44-19-37(20-44)13-12-32(46)43-37/h4-9,14-15,17,28,40H,10-13,16,18-20H2,1-3H3,(H,43,46). The number of benzene rings is 3. The van der Waals surface area contributed by atoms with Crippen LogP contribution >= 0.6 is 23.2 Å². The van der Waals surface area contributed by atoms with Crippen LogP contribution in [0.3, 0.4) is 0 Å². The van der Waals surface area contributed by atoms with Crippen molar-refractivity contribution >= 4 is 34.9 Å². The van der Waals surface area contributed by atoms with Crippen LogP contribution in [0, 0.1) is 0 Å². The number of aryl methyl sites for hydroxylation is 1. The fraction of sp³-hybridized carbons (Fsp3) is 0.351. The number of aromatic nitrogens is 2. The molecule has 1 atom stereocenters. The highest BCUT2D eigenvalue weighted by molar-refractivity contribution is 6.39. The van der Waals surface area contributed by atoms with Gasteiger partial charge in [0.25, 0.3) is 0 Å². The number of carbonyl (C=O) groups excluding carboxylic acids is 2. The molecule has 2 aliphatic heterocycles. The molecule has 1 aliphatic carbocycles. The van der Waals surface area contributed by atoms with Gasteiger partial charge in [-0.1, -0.05) is 65.7 Å². The zero-order valence-corrected chi connectivity index (χ0v) is 28.7. The third-order valence-corrected chi connectivity index (χ3v) is 10.5. The Morgan fingerprint density at radius 1 is 1.02 bits per heavy atom. The minimum atomic E-state index is -0.103. The second kappa shape index (κ2) is 13.1. The van der Waals surface area contributed by atoms with E-state index in [0.29, 0.717) is 46.7 Å². The number of fused-ring (bicyclic) bond motifs is 1. The SMILES string of the molecule is COc1cc(-c2cccc(-c3cccc(-c4cnc(CN5CC6(CCC(=O)N6)C5)c(OC)n4)c3Cl)c2Cl)cc2c1C(NCC(C)=O)CC2. The number of carbonyl (C=O) groups is 2. The van der Waals surface area contributed by atoms with Crippen molar-refractivity contribution in [3.05, 3.63) is 81.6 Å². The summed E-state index contributed by atoms with van der Waals surface area (Å²) in [4.78, 5) is 35.1. The summed E-state index contributed by atoms with van der Waals surface area (Å²) in [6, 6.07) is 16.0. The number of nitrogens with zero attached hydrogens (tertiary/aromatic N) is 3. The zero-order valence-electron chi connectivity index (χ0n) is 27.2. The molecule has 1 aromatic heterocycles. The topological polar surface area (TPSA) is 106 Å². The van der Waals surface area contributed by atoms with E-state index in [9.17, 15) is 9.59 Å². The van der Waals surface area contributed by atoms with E-state index in [1.165, 1.54) is 5.56 Å². The molecule has 1 spiro atoms. The van der Waals surface area contributed by atoms with Gasteiger partial charge in [0.2, 0.25) is 11.8 Å². The highest BCUT2D eigenvalue weighted by Crippen LogP contribution is 2.46. The van der Waals surface area contributed by atoms with Crippen LogP contribution in [0.15, 0.2) is 54.7 Å². The lowest BCUT2D eigenvalue weighted by atomic mass is 9.88. The molecular weight excluding hydrogens is 649 g/mol. The van der Waals surface area contributed by atoms with Gasteiger partial charge >= 0.3 is 0 Å². The number of hydrogen-bond acceptors (Lipinski definition) is 8. The predicted octanol–water partition coefficient (Wildman–Crippen LogP) is 6.43. The Balaban J connectivity index is 1.16. The Morgan fingerprint density at radius 3 is 2.40 bits per heavy atom. The average molecular weight is 687 g/mol. The monoisotopic (exact) mass is 685 g/mol. The lowest BCUT2D eigenvalue weighted by Gasteiger charge is -2.47. The largest absolute Gasteiger partial charge is 0.496 e. The smallest absolute Gasteiger partial charge is 0.237 e. The number of ether oxygens (including phenoxy) is 2. The van der Waals surface area contributed by atoms with Crippen molar-refractivity contribution in [1.82, 2.24) is 25.5 Å². The van der Waals surface area contributed by atoms with E-state index in [1.807, 2.05) is 42.5 Å². The van der Waals surface area contributed by atoms with Gasteiger partial charge in [-0.15, -0.1) is 0 Å². The predicted molar refractivity (Wildman–Crippen MR) is 187 cm³/mol. The molecule has 11 heteroatoms. The number of amides is 1. The summed E-state index contributed by atoms with van der Waals surface area (Å²) < 4.78 is 11.5. The molecule has 4 aromatic rings. The van der Waals surface area contributed by atoms with Gasteiger partial charge in [-0.2, -0.15) is 0 Å². The first-order chi connectivity index (χ1) is 23.2. The molecule has 0 radical (unpaired) electrons. The van der Waals surface area contributed by atoms with E-state index in [-0.39, 0.29) is 23.3 Å². The van der Waals surface area contributed by atoms with Crippen LogP contribution in [-0.4, -0.2) is 66.0 Å². The van der Waals surface area contributed by atoms with Crippen molar-refractivity contribution in [2.45, 2.75) is 50.7 Å². The van der Waals surface area contributed by atoms with E-state index in [4.69, 9.17) is 42.6 Å². The summed E-state index contributed by atoms with van der Waals surface area (Å²) in [5.74, 6) is 1.44. The molecule has 248 valence electrons. The van der Waals surface area contributed by atoms with Gasteiger partial charge in [0.05, 0.1) is 48.2 Å². The second-order valence-electron chi connectivity index (χ2n) is 12.9. The number of likely N-dealkylation sites (tertiary alicyclic amines) is 1. The van der Waals surface area contributed by atoms with Crippen LogP contribution in [0.1, 0.15) is 49.0 Å². The molecule has 3 aromatic carbocycles. The molecule has 1 unspecified atom stereocenters. The summed E-state index contributed by atoms with van der Waals surface area (Å²) in [5, 5.41) is 7.57. The second-order valence-corrected chi connectivity index (χ2v) is 13.7. The van der Waals surface area contributed by atoms with Gasteiger partial charge in [0, 0.05) is 59.9 Å². The lowest BCUT2D eigenvalue weighted by molar-refractivity contribution is -0.121. The number of ketones is 1. The molecule has 2 fully saturated rings. The summed E-state index contributed by atoms with van der Waals surface area (Å²) >= 11 is 14.3. The third-order valence-electron chi connectivity index (χ3n) is 9.64. The molecule has 3 aliphatic rings. The highest BCUT2D eigenvalue weighted by atomic mass is 35.5. The summed E-state index contributed by atoms with van der Waals surface area (Å²) in [5.41, 5.74) is 7.61. The Labute approximate surface area is 290 Å². The highest BCUT2D eigenvalue weighted by Gasteiger charge is 2.47. The van der Waals surface area contributed by atoms with Gasteiger partial charge < -0.3 is 20.1 Å². The Kier molecular flexibility index (Phi) is 8.89. The summed E-state index contributed by atoms with van der Waals surface area (Å²) in [7, 11) is 3.26. The first kappa shape index (κ1) is 32.5. The Morgan fingerprint density at radius 2 is 1.73 bits per heavy atom. The normalized spacial score (nSPS) is 18.0. The first-order valence-electron chi connectivity index (χ1n) is 16.1. The number of Topliss-reactive ketones (excluding diaryl/α,β-unsaturated/α-hetero) is 1. The van der Waals surface area contributed by atoms with Crippen molar-refractivity contribution in [3.8, 4) is 45.1 Å². The molecule has 7 rings (SSSR count). The quantitative estimate of drug-likeness (QED) is 0.197. The Hall–Kier alpha value is -4.02. The lowest BCUT2D eigenvalue weighted by Crippen LogP contribution is -2.66. The number of nitrogens with one attached hydrogen (secondary N) is 2. The van der Waals surface area contributed by atoms with Crippen LogP contribution in [0.4, 0.5) is 0 Å². The van der Waals surface area contributed by atoms with Gasteiger partial charge in [-0.3, -0.25) is 19.5 Å². The van der Waals surface area contributed by atoms with Crippen LogP contribution in [0.2, 0.25) is 10.0 Å². The fourth-order valence-corrected chi connectivity index (χ4v) is 8.03. The van der Waals surface area contributed by atoms with Gasteiger partial charge in [-0.25, -0.2) is 4.98 Å². The van der Waals surface area contributed by atoms with Crippen molar-refractivity contribution < 1.29 is 19.1 Å². The molecule has 0 bridgehead atoms.